The Morgan fingerprint density at radius 3 is 1.86 bits per heavy atom. The number of amides is 2. The van der Waals surface area contributed by atoms with Crippen LogP contribution in [0.4, 0.5) is 24.8 Å². The molecule has 0 N–H and O–H groups in total. The third-order valence-corrected chi connectivity index (χ3v) is 10.5. The van der Waals surface area contributed by atoms with Crippen molar-refractivity contribution in [3.05, 3.63) is 162 Å². The van der Waals surface area contributed by atoms with Crippen molar-refractivity contribution in [3.63, 3.8) is 0 Å². The summed E-state index contributed by atoms with van der Waals surface area (Å²) in [6.45, 7) is 6.48. The van der Waals surface area contributed by atoms with E-state index in [0.29, 0.717) is 31.7 Å². The van der Waals surface area contributed by atoms with Crippen molar-refractivity contribution < 1.29 is 22.8 Å². The number of hydrogen-bond donors (Lipinski definition) is 0. The van der Waals surface area contributed by atoms with Gasteiger partial charge in [-0.1, -0.05) is 84.9 Å². The minimum Gasteiger partial charge on any atom is -0.353 e. The first kappa shape index (κ1) is 39.2. The number of halogens is 3. The Bertz CT molecular complexity index is 2070. The summed E-state index contributed by atoms with van der Waals surface area (Å²) in [6, 6.07) is 33.5. The van der Waals surface area contributed by atoms with Crippen LogP contribution in [0.25, 0.3) is 6.08 Å². The normalized spacial score (nSPS) is 15.8. The fraction of sp³-hybridized carbons (Fsp3) is 0.289. The molecule has 0 bridgehead atoms. The number of benzene rings is 3. The molecule has 4 heterocycles. The van der Waals surface area contributed by atoms with E-state index >= 15 is 0 Å². The topological polar surface area (TPSA) is 76.1 Å². The number of nitrogens with zero attached hydrogens (tertiary/aromatic N) is 7. The van der Waals surface area contributed by atoms with E-state index in [0.717, 1.165) is 67.6 Å². The van der Waals surface area contributed by atoms with E-state index in [9.17, 15) is 22.8 Å². The van der Waals surface area contributed by atoms with Crippen molar-refractivity contribution in [2.24, 2.45) is 0 Å². The molecule has 2 aliphatic rings. The molecular formula is C45H46F3N7O2. The Hall–Kier alpha value is -6.01. The zero-order chi connectivity index (χ0) is 39.6. The third kappa shape index (κ3) is 10.4. The fourth-order valence-corrected chi connectivity index (χ4v) is 7.33. The monoisotopic (exact) mass is 773 g/mol. The van der Waals surface area contributed by atoms with E-state index in [1.165, 1.54) is 29.8 Å². The van der Waals surface area contributed by atoms with Crippen LogP contribution in [-0.2, 0) is 35.3 Å². The van der Waals surface area contributed by atoms with Gasteiger partial charge in [-0.3, -0.25) is 14.5 Å². The number of piperazine rings is 2. The summed E-state index contributed by atoms with van der Waals surface area (Å²) in [5, 5.41) is 0. The number of hydrogen-bond acceptors (Lipinski definition) is 7. The van der Waals surface area contributed by atoms with Crippen LogP contribution in [-0.4, -0.2) is 94.9 Å². The largest absolute Gasteiger partial charge is 0.416 e. The van der Waals surface area contributed by atoms with E-state index in [1.807, 2.05) is 83.8 Å². The smallest absolute Gasteiger partial charge is 0.353 e. The number of anilines is 2. The molecule has 1 atom stereocenters. The molecule has 3 aromatic carbocycles. The zero-order valence-electron chi connectivity index (χ0n) is 31.7. The molecule has 12 heteroatoms. The van der Waals surface area contributed by atoms with Crippen LogP contribution in [0.1, 0.15) is 27.8 Å². The molecule has 0 aliphatic carbocycles. The highest BCUT2D eigenvalue weighted by molar-refractivity contribution is 5.95. The maximum absolute atomic E-state index is 14.7. The predicted molar refractivity (Wildman–Crippen MR) is 216 cm³/mol. The zero-order valence-corrected chi connectivity index (χ0v) is 31.7. The molecule has 2 fully saturated rings. The Morgan fingerprint density at radius 2 is 1.28 bits per heavy atom. The first-order chi connectivity index (χ1) is 27.7. The molecule has 0 radical (unpaired) electrons. The minimum atomic E-state index is -4.47. The van der Waals surface area contributed by atoms with Crippen molar-refractivity contribution in [1.29, 1.82) is 0 Å². The van der Waals surface area contributed by atoms with Gasteiger partial charge in [0, 0.05) is 90.3 Å². The number of carbonyl (C=O) groups is 2. The second-order valence-electron chi connectivity index (χ2n) is 14.4. The SMILES string of the molecule is O=C([C@H](Cc1ccccc1)N(Cc1ccc(N2CCN(c3ccccn3)CC2)nc1)C(=O)C=Cc1ccc(C(F)(F)F)cc1)N1CCN(Cc2ccccc2)CC1. The second kappa shape index (κ2) is 18.3. The minimum absolute atomic E-state index is 0.105. The van der Waals surface area contributed by atoms with Crippen LogP contribution >= 0.6 is 0 Å². The highest BCUT2D eigenvalue weighted by Crippen LogP contribution is 2.29. The van der Waals surface area contributed by atoms with Crippen molar-refractivity contribution in [2.75, 3.05) is 62.2 Å². The first-order valence-corrected chi connectivity index (χ1v) is 19.3. The summed E-state index contributed by atoms with van der Waals surface area (Å²) >= 11 is 0. The average molecular weight is 774 g/mol. The van der Waals surface area contributed by atoms with Gasteiger partial charge >= 0.3 is 6.18 Å². The highest BCUT2D eigenvalue weighted by Gasteiger charge is 2.34. The quantitative estimate of drug-likeness (QED) is 0.129. The van der Waals surface area contributed by atoms with Gasteiger partial charge in [0.1, 0.15) is 17.7 Å². The number of aromatic nitrogens is 2. The number of carbonyl (C=O) groups excluding carboxylic acids is 2. The number of alkyl halides is 3. The summed E-state index contributed by atoms with van der Waals surface area (Å²) in [5.74, 6) is 1.20. The average Bonchev–Trinajstić information content (AvgIpc) is 3.25. The van der Waals surface area contributed by atoms with Gasteiger partial charge in [-0.2, -0.15) is 13.2 Å². The molecule has 2 amide bonds. The van der Waals surface area contributed by atoms with Crippen LogP contribution in [0, 0.1) is 0 Å². The van der Waals surface area contributed by atoms with Crippen molar-refractivity contribution in [1.82, 2.24) is 24.7 Å². The molecule has 2 aromatic heterocycles. The van der Waals surface area contributed by atoms with Gasteiger partial charge in [-0.05, 0) is 58.7 Å². The van der Waals surface area contributed by atoms with Crippen molar-refractivity contribution in [2.45, 2.75) is 31.7 Å². The third-order valence-electron chi connectivity index (χ3n) is 10.5. The molecule has 0 saturated carbocycles. The lowest BCUT2D eigenvalue weighted by Gasteiger charge is -2.39. The van der Waals surface area contributed by atoms with E-state index in [4.69, 9.17) is 4.98 Å². The van der Waals surface area contributed by atoms with Crippen LogP contribution in [0.15, 0.2) is 134 Å². The van der Waals surface area contributed by atoms with E-state index in [2.05, 4.69) is 31.8 Å². The van der Waals surface area contributed by atoms with Gasteiger partial charge in [0.25, 0.3) is 0 Å². The molecule has 0 unspecified atom stereocenters. The lowest BCUT2D eigenvalue weighted by Crippen LogP contribution is -2.56. The number of rotatable bonds is 12. The Labute approximate surface area is 331 Å². The molecule has 294 valence electrons. The van der Waals surface area contributed by atoms with Gasteiger partial charge in [0.05, 0.1) is 5.56 Å². The van der Waals surface area contributed by atoms with Gasteiger partial charge in [0.15, 0.2) is 0 Å². The molecular weight excluding hydrogens is 728 g/mol. The lowest BCUT2D eigenvalue weighted by molar-refractivity contribution is -0.145. The van der Waals surface area contributed by atoms with Crippen molar-refractivity contribution in [3.8, 4) is 0 Å². The molecule has 7 rings (SSSR count). The van der Waals surface area contributed by atoms with Gasteiger partial charge in [0.2, 0.25) is 11.8 Å². The van der Waals surface area contributed by atoms with E-state index < -0.39 is 23.7 Å². The summed E-state index contributed by atoms with van der Waals surface area (Å²) in [7, 11) is 0. The maximum atomic E-state index is 14.7. The van der Waals surface area contributed by atoms with Gasteiger partial charge < -0.3 is 19.6 Å². The molecule has 2 saturated heterocycles. The summed E-state index contributed by atoms with van der Waals surface area (Å²) in [6.07, 6.45) is 2.21. The highest BCUT2D eigenvalue weighted by atomic mass is 19.4. The fourth-order valence-electron chi connectivity index (χ4n) is 7.33. The number of pyridine rings is 2. The Balaban J connectivity index is 1.12. The predicted octanol–water partition coefficient (Wildman–Crippen LogP) is 6.82. The summed E-state index contributed by atoms with van der Waals surface area (Å²) in [5.41, 5.74) is 2.53. The lowest BCUT2D eigenvalue weighted by atomic mass is 10.0. The van der Waals surface area contributed by atoms with Crippen LogP contribution < -0.4 is 9.80 Å². The molecule has 0 spiro atoms. The summed E-state index contributed by atoms with van der Waals surface area (Å²) in [4.78, 5) is 48.5. The van der Waals surface area contributed by atoms with Gasteiger partial charge in [-0.25, -0.2) is 9.97 Å². The second-order valence-corrected chi connectivity index (χ2v) is 14.4. The van der Waals surface area contributed by atoms with Crippen LogP contribution in [0.3, 0.4) is 0 Å². The van der Waals surface area contributed by atoms with Crippen molar-refractivity contribution >= 4 is 29.5 Å². The van der Waals surface area contributed by atoms with Gasteiger partial charge in [-0.15, -0.1) is 0 Å². The summed E-state index contributed by atoms with van der Waals surface area (Å²) < 4.78 is 39.7. The molecule has 2 aliphatic heterocycles. The van der Waals surface area contributed by atoms with Crippen LogP contribution in [0.2, 0.25) is 0 Å². The van der Waals surface area contributed by atoms with E-state index in [1.54, 1.807) is 17.3 Å². The standard InChI is InChI=1S/C45H46F3N7O2/c46-45(47,48)39-18-14-35(15-19-39)17-21-43(56)55(34-38-16-20-42(50-32-38)53-29-27-52(28-30-53)41-13-7-8-22-49-41)40(31-36-9-3-1-4-10-36)44(57)54-25-23-51(24-26-54)33-37-11-5-2-6-12-37/h1-22,32,40H,23-31,33-34H2/t40-/m0/s1. The first-order valence-electron chi connectivity index (χ1n) is 19.3. The molecule has 5 aromatic rings. The molecule has 57 heavy (non-hydrogen) atoms. The van der Waals surface area contributed by atoms with Crippen LogP contribution in [0.5, 0.6) is 0 Å². The Morgan fingerprint density at radius 1 is 0.667 bits per heavy atom. The maximum Gasteiger partial charge on any atom is 0.416 e. The molecule has 9 nitrogen and oxygen atoms in total. The van der Waals surface area contributed by atoms with E-state index in [-0.39, 0.29) is 18.9 Å². The Kier molecular flexibility index (Phi) is 12.6.